The molecule has 0 saturated heterocycles. The van der Waals surface area contributed by atoms with Gasteiger partial charge in [-0.15, -0.1) is 0 Å². The van der Waals surface area contributed by atoms with Crippen LogP contribution in [0.2, 0.25) is 0 Å². The Morgan fingerprint density at radius 2 is 1.87 bits per heavy atom. The van der Waals surface area contributed by atoms with Gasteiger partial charge in [-0.3, -0.25) is 4.79 Å². The lowest BCUT2D eigenvalue weighted by Crippen LogP contribution is -2.16. The van der Waals surface area contributed by atoms with Crippen molar-refractivity contribution in [2.75, 3.05) is 12.4 Å². The minimum Gasteiger partial charge on any atom is -0.465 e. The summed E-state index contributed by atoms with van der Waals surface area (Å²) in [5.41, 5.74) is 3.67. The normalized spacial score (nSPS) is 10.7. The second-order valence-corrected chi connectivity index (χ2v) is 6.87. The molecule has 0 saturated carbocycles. The molecule has 0 unspecified atom stereocenters. The Morgan fingerprint density at radius 1 is 1.07 bits per heavy atom. The highest BCUT2D eigenvalue weighted by atomic mass is 16.5. The molecular weight excluding hydrogens is 380 g/mol. The summed E-state index contributed by atoms with van der Waals surface area (Å²) < 4.78 is 6.61. The van der Waals surface area contributed by atoms with E-state index in [-0.39, 0.29) is 5.91 Å². The third-order valence-electron chi connectivity index (χ3n) is 4.83. The minimum atomic E-state index is -0.509. The van der Waals surface area contributed by atoms with Gasteiger partial charge in [-0.25, -0.2) is 14.5 Å². The monoisotopic (exact) mass is 400 g/mol. The molecule has 7 heteroatoms. The number of ether oxygens (including phenoxy) is 1. The molecule has 30 heavy (non-hydrogen) atoms. The van der Waals surface area contributed by atoms with E-state index in [1.165, 1.54) is 13.3 Å². The van der Waals surface area contributed by atoms with E-state index in [9.17, 15) is 9.59 Å². The van der Waals surface area contributed by atoms with Gasteiger partial charge < -0.3 is 10.1 Å². The lowest BCUT2D eigenvalue weighted by atomic mass is 10.1. The van der Waals surface area contributed by atoms with E-state index in [1.807, 2.05) is 43.3 Å². The van der Waals surface area contributed by atoms with E-state index in [4.69, 9.17) is 4.74 Å². The number of nitrogens with one attached hydrogen (secondary N) is 1. The van der Waals surface area contributed by atoms with Crippen LogP contribution in [0.3, 0.4) is 0 Å². The molecule has 4 rings (SSSR count). The van der Waals surface area contributed by atoms with Crippen LogP contribution >= 0.6 is 0 Å². The van der Waals surface area contributed by atoms with Gasteiger partial charge >= 0.3 is 5.97 Å². The molecule has 0 aliphatic carbocycles. The van der Waals surface area contributed by atoms with E-state index in [2.05, 4.69) is 15.4 Å². The van der Waals surface area contributed by atoms with Crippen molar-refractivity contribution in [2.24, 2.45) is 0 Å². The smallest absolute Gasteiger partial charge is 0.339 e. The van der Waals surface area contributed by atoms with Crippen molar-refractivity contribution < 1.29 is 14.3 Å². The topological polar surface area (TPSA) is 86.1 Å². The number of hydrogen-bond donors (Lipinski definition) is 1. The number of carbonyl (C=O) groups is 2. The molecule has 4 aromatic rings. The number of methoxy groups -OCH3 is 1. The first-order chi connectivity index (χ1) is 14.6. The van der Waals surface area contributed by atoms with Gasteiger partial charge in [0.1, 0.15) is 0 Å². The van der Waals surface area contributed by atoms with Gasteiger partial charge in [-0.2, -0.15) is 5.10 Å². The maximum absolute atomic E-state index is 12.8. The number of esters is 1. The second kappa shape index (κ2) is 8.16. The first-order valence-electron chi connectivity index (χ1n) is 9.41. The van der Waals surface area contributed by atoms with Gasteiger partial charge in [-0.1, -0.05) is 42.5 Å². The van der Waals surface area contributed by atoms with E-state index < -0.39 is 5.97 Å². The van der Waals surface area contributed by atoms with Crippen molar-refractivity contribution in [3.8, 4) is 0 Å². The van der Waals surface area contributed by atoms with Crippen LogP contribution in [0.1, 0.15) is 31.8 Å². The average Bonchev–Trinajstić information content (AvgIpc) is 3.17. The molecular formula is C23H20N4O3. The number of carbonyl (C=O) groups excluding carboxylic acids is 2. The Balaban J connectivity index is 1.60. The van der Waals surface area contributed by atoms with E-state index in [0.29, 0.717) is 29.0 Å². The van der Waals surface area contributed by atoms with Gasteiger partial charge in [0.25, 0.3) is 5.91 Å². The third-order valence-corrected chi connectivity index (χ3v) is 4.83. The molecule has 0 aliphatic heterocycles. The number of fused-ring (bicyclic) bond motifs is 1. The average molecular weight is 400 g/mol. The molecule has 0 radical (unpaired) electrons. The SMILES string of the molecule is COC(=O)c1cccc(C)c1NC(=O)c1cnc2c(cnn2Cc2ccccc2)c1. The number of aromatic nitrogens is 3. The summed E-state index contributed by atoms with van der Waals surface area (Å²) in [5.74, 6) is -0.871. The highest BCUT2D eigenvalue weighted by Gasteiger charge is 2.17. The van der Waals surface area contributed by atoms with Crippen molar-refractivity contribution >= 4 is 28.6 Å². The molecule has 0 atom stereocenters. The molecule has 0 aliphatic rings. The zero-order valence-corrected chi connectivity index (χ0v) is 16.6. The van der Waals surface area contributed by atoms with Crippen molar-refractivity contribution in [2.45, 2.75) is 13.5 Å². The molecule has 2 heterocycles. The van der Waals surface area contributed by atoms with Crippen LogP contribution in [0, 0.1) is 6.92 Å². The molecule has 2 aromatic heterocycles. The summed E-state index contributed by atoms with van der Waals surface area (Å²) in [7, 11) is 1.31. The number of rotatable bonds is 5. The maximum Gasteiger partial charge on any atom is 0.339 e. The van der Waals surface area contributed by atoms with Crippen LogP contribution in [0.15, 0.2) is 67.0 Å². The Morgan fingerprint density at radius 3 is 2.63 bits per heavy atom. The number of benzene rings is 2. The predicted molar refractivity (Wildman–Crippen MR) is 114 cm³/mol. The van der Waals surface area contributed by atoms with Crippen molar-refractivity contribution in [3.05, 3.63) is 89.2 Å². The fraction of sp³-hybridized carbons (Fsp3) is 0.130. The number of nitrogens with zero attached hydrogens (tertiary/aromatic N) is 3. The molecule has 1 N–H and O–H groups in total. The van der Waals surface area contributed by atoms with E-state index >= 15 is 0 Å². The Kier molecular flexibility index (Phi) is 5.26. The van der Waals surface area contributed by atoms with Crippen LogP contribution in [0.4, 0.5) is 5.69 Å². The third kappa shape index (κ3) is 3.77. The number of pyridine rings is 1. The Labute approximate surface area is 173 Å². The maximum atomic E-state index is 12.8. The van der Waals surface area contributed by atoms with Gasteiger partial charge in [0.05, 0.1) is 36.7 Å². The van der Waals surface area contributed by atoms with Crippen LogP contribution in [-0.4, -0.2) is 33.8 Å². The summed E-state index contributed by atoms with van der Waals surface area (Å²) in [4.78, 5) is 29.3. The number of hydrogen-bond acceptors (Lipinski definition) is 5. The standard InChI is InChI=1S/C23H20N4O3/c1-15-7-6-10-19(23(29)30-2)20(15)26-22(28)18-11-17-13-25-27(21(17)24-12-18)14-16-8-4-3-5-9-16/h3-13H,14H2,1-2H3,(H,26,28). The number of anilines is 1. The number of amides is 1. The fourth-order valence-electron chi connectivity index (χ4n) is 3.27. The highest BCUT2D eigenvalue weighted by molar-refractivity contribution is 6.09. The molecule has 150 valence electrons. The van der Waals surface area contributed by atoms with Gasteiger partial charge in [0, 0.05) is 11.6 Å². The van der Waals surface area contributed by atoms with Crippen molar-refractivity contribution in [3.63, 3.8) is 0 Å². The van der Waals surface area contributed by atoms with Gasteiger partial charge in [0.2, 0.25) is 0 Å². The quantitative estimate of drug-likeness (QED) is 0.515. The summed E-state index contributed by atoms with van der Waals surface area (Å²) in [5, 5.41) is 7.97. The first-order valence-corrected chi connectivity index (χ1v) is 9.41. The van der Waals surface area contributed by atoms with Crippen LogP contribution < -0.4 is 5.32 Å². The summed E-state index contributed by atoms with van der Waals surface area (Å²) >= 11 is 0. The molecule has 0 spiro atoms. The zero-order chi connectivity index (χ0) is 21.1. The molecule has 7 nitrogen and oxygen atoms in total. The van der Waals surface area contributed by atoms with Crippen LogP contribution in [-0.2, 0) is 11.3 Å². The summed E-state index contributed by atoms with van der Waals surface area (Å²) in [6, 6.07) is 16.9. The lowest BCUT2D eigenvalue weighted by molar-refractivity contribution is 0.0602. The lowest BCUT2D eigenvalue weighted by Gasteiger charge is -2.12. The summed E-state index contributed by atoms with van der Waals surface area (Å²) in [6.07, 6.45) is 3.20. The molecule has 0 fully saturated rings. The molecule has 1 amide bonds. The Hall–Kier alpha value is -4.00. The van der Waals surface area contributed by atoms with Crippen molar-refractivity contribution in [1.29, 1.82) is 0 Å². The van der Waals surface area contributed by atoms with Gasteiger partial charge in [0.15, 0.2) is 5.65 Å². The fourth-order valence-corrected chi connectivity index (χ4v) is 3.27. The van der Waals surface area contributed by atoms with Crippen molar-refractivity contribution in [1.82, 2.24) is 14.8 Å². The largest absolute Gasteiger partial charge is 0.465 e. The molecule has 0 bridgehead atoms. The van der Waals surface area contributed by atoms with Gasteiger partial charge in [-0.05, 0) is 30.2 Å². The minimum absolute atomic E-state index is 0.301. The van der Waals surface area contributed by atoms with Crippen LogP contribution in [0.25, 0.3) is 11.0 Å². The molecule has 2 aromatic carbocycles. The second-order valence-electron chi connectivity index (χ2n) is 6.87. The highest BCUT2D eigenvalue weighted by Crippen LogP contribution is 2.23. The summed E-state index contributed by atoms with van der Waals surface area (Å²) in [6.45, 7) is 2.41. The Bertz CT molecular complexity index is 1230. The number of aryl methyl sites for hydroxylation is 1. The predicted octanol–water partition coefficient (Wildman–Crippen LogP) is 3.83. The van der Waals surface area contributed by atoms with E-state index in [1.54, 1.807) is 29.1 Å². The number of para-hydroxylation sites is 1. The van der Waals surface area contributed by atoms with E-state index in [0.717, 1.165) is 16.5 Å². The van der Waals surface area contributed by atoms with Crippen LogP contribution in [0.5, 0.6) is 0 Å². The first kappa shape index (κ1) is 19.3. The zero-order valence-electron chi connectivity index (χ0n) is 16.6.